The third kappa shape index (κ3) is 3.37. The highest BCUT2D eigenvalue weighted by Gasteiger charge is 2.31. The van der Waals surface area contributed by atoms with E-state index in [9.17, 15) is 9.18 Å². The summed E-state index contributed by atoms with van der Waals surface area (Å²) in [6.07, 6.45) is 3.20. The summed E-state index contributed by atoms with van der Waals surface area (Å²) >= 11 is 0. The number of anilines is 2. The number of nitrogens with zero attached hydrogens (tertiary/aromatic N) is 2. The molecule has 134 valence electrons. The molecule has 1 aliphatic rings. The van der Waals surface area contributed by atoms with E-state index >= 15 is 0 Å². The van der Waals surface area contributed by atoms with Gasteiger partial charge in [-0.1, -0.05) is 24.3 Å². The molecule has 2 N–H and O–H groups in total. The highest BCUT2D eigenvalue weighted by molar-refractivity contribution is 6.09. The van der Waals surface area contributed by atoms with Crippen LogP contribution in [0.5, 0.6) is 5.75 Å². The first-order chi connectivity index (χ1) is 13.1. The highest BCUT2D eigenvalue weighted by Crippen LogP contribution is 2.38. The van der Waals surface area contributed by atoms with Crippen LogP contribution in [0.25, 0.3) is 6.08 Å². The fourth-order valence-corrected chi connectivity index (χ4v) is 2.88. The molecule has 1 aromatic heterocycles. The zero-order valence-corrected chi connectivity index (χ0v) is 14.3. The molecule has 1 aliphatic heterocycles. The largest absolute Gasteiger partial charge is 0.449 e. The number of hydrogen-bond donors (Lipinski definition) is 1. The zero-order valence-electron chi connectivity index (χ0n) is 14.3. The number of rotatable bonds is 3. The predicted octanol–water partition coefficient (Wildman–Crippen LogP) is 3.77. The Morgan fingerprint density at radius 2 is 1.93 bits per heavy atom. The lowest BCUT2D eigenvalue weighted by molar-refractivity contribution is -0.117. The summed E-state index contributed by atoms with van der Waals surface area (Å²) in [5.74, 6) is -0.177. The Labute approximate surface area is 155 Å². The summed E-state index contributed by atoms with van der Waals surface area (Å²) in [6.45, 7) is 0.0604. The van der Waals surface area contributed by atoms with Gasteiger partial charge < -0.3 is 10.5 Å². The third-order valence-corrected chi connectivity index (χ3v) is 4.20. The second-order valence-electron chi connectivity index (χ2n) is 6.08. The molecule has 0 bridgehead atoms. The molecule has 2 heterocycles. The molecule has 2 aromatic carbocycles. The van der Waals surface area contributed by atoms with Crippen LogP contribution in [0.15, 0.2) is 72.6 Å². The molecule has 5 nitrogen and oxygen atoms in total. The minimum Gasteiger partial charge on any atom is -0.449 e. The molecule has 27 heavy (non-hydrogen) atoms. The topological polar surface area (TPSA) is 68.5 Å². The van der Waals surface area contributed by atoms with Gasteiger partial charge in [-0.3, -0.25) is 14.7 Å². The van der Waals surface area contributed by atoms with Crippen molar-refractivity contribution in [3.05, 3.63) is 89.7 Å². The molecule has 0 radical (unpaired) electrons. The average molecular weight is 361 g/mol. The van der Waals surface area contributed by atoms with Crippen molar-refractivity contribution < 1.29 is 13.9 Å². The third-order valence-electron chi connectivity index (χ3n) is 4.20. The quantitative estimate of drug-likeness (QED) is 0.570. The van der Waals surface area contributed by atoms with Crippen molar-refractivity contribution in [2.24, 2.45) is 0 Å². The Kier molecular flexibility index (Phi) is 4.30. The lowest BCUT2D eigenvalue weighted by Crippen LogP contribution is -2.37. The molecule has 0 saturated heterocycles. The van der Waals surface area contributed by atoms with Crippen LogP contribution >= 0.6 is 0 Å². The van der Waals surface area contributed by atoms with E-state index in [1.807, 2.05) is 6.07 Å². The summed E-state index contributed by atoms with van der Waals surface area (Å²) in [7, 11) is 0. The highest BCUT2D eigenvalue weighted by atomic mass is 19.1. The number of ether oxygens (including phenoxy) is 1. The summed E-state index contributed by atoms with van der Waals surface area (Å²) in [4.78, 5) is 18.7. The predicted molar refractivity (Wildman–Crippen MR) is 101 cm³/mol. The summed E-state index contributed by atoms with van der Waals surface area (Å²) in [6, 6.07) is 16.7. The van der Waals surface area contributed by atoms with E-state index in [1.165, 1.54) is 11.0 Å². The van der Waals surface area contributed by atoms with Crippen LogP contribution in [-0.2, 0) is 11.3 Å². The van der Waals surface area contributed by atoms with Crippen molar-refractivity contribution in [2.45, 2.75) is 6.54 Å². The molecule has 3 aromatic rings. The molecule has 1 amide bonds. The van der Waals surface area contributed by atoms with Crippen LogP contribution in [0.3, 0.4) is 0 Å². The van der Waals surface area contributed by atoms with Gasteiger partial charge >= 0.3 is 0 Å². The van der Waals surface area contributed by atoms with E-state index in [0.29, 0.717) is 28.4 Å². The molecule has 0 unspecified atom stereocenters. The number of benzene rings is 2. The maximum absolute atomic E-state index is 14.2. The van der Waals surface area contributed by atoms with E-state index in [4.69, 9.17) is 10.5 Å². The number of nitrogens with two attached hydrogens (primary N) is 1. The van der Waals surface area contributed by atoms with E-state index in [2.05, 4.69) is 4.98 Å². The Morgan fingerprint density at radius 1 is 1.11 bits per heavy atom. The summed E-state index contributed by atoms with van der Waals surface area (Å²) in [5, 5.41) is 0. The molecular formula is C21H16FN3O2. The molecule has 0 aliphatic carbocycles. The van der Waals surface area contributed by atoms with Crippen LogP contribution in [0.1, 0.15) is 11.3 Å². The molecule has 6 heteroatoms. The van der Waals surface area contributed by atoms with E-state index < -0.39 is 0 Å². The Morgan fingerprint density at radius 3 is 2.70 bits per heavy atom. The Balaban J connectivity index is 1.78. The van der Waals surface area contributed by atoms with Crippen LogP contribution in [-0.4, -0.2) is 10.9 Å². The van der Waals surface area contributed by atoms with Gasteiger partial charge in [0, 0.05) is 23.5 Å². The van der Waals surface area contributed by atoms with Gasteiger partial charge in [-0.15, -0.1) is 0 Å². The van der Waals surface area contributed by atoms with Gasteiger partial charge in [0.05, 0.1) is 17.9 Å². The zero-order chi connectivity index (χ0) is 18.8. The van der Waals surface area contributed by atoms with Gasteiger partial charge in [-0.2, -0.15) is 0 Å². The van der Waals surface area contributed by atoms with Crippen LogP contribution < -0.4 is 15.4 Å². The number of halogens is 1. The van der Waals surface area contributed by atoms with E-state index in [0.717, 1.165) is 0 Å². The number of amides is 1. The lowest BCUT2D eigenvalue weighted by Gasteiger charge is -2.31. The number of pyridine rings is 1. The number of hydrogen-bond acceptors (Lipinski definition) is 4. The first kappa shape index (κ1) is 16.8. The van der Waals surface area contributed by atoms with Gasteiger partial charge in [-0.25, -0.2) is 4.39 Å². The maximum atomic E-state index is 14.2. The van der Waals surface area contributed by atoms with Crippen molar-refractivity contribution in [3.63, 3.8) is 0 Å². The number of carbonyl (C=O) groups is 1. The molecular weight excluding hydrogens is 345 g/mol. The second kappa shape index (κ2) is 6.92. The molecule has 4 rings (SSSR count). The van der Waals surface area contributed by atoms with Crippen LogP contribution in [0.4, 0.5) is 15.8 Å². The summed E-state index contributed by atoms with van der Waals surface area (Å²) < 4.78 is 19.9. The standard InChI is InChI=1S/C21H16FN3O2/c22-17-7-2-1-5-14(17)13-25-18-11-15(23)8-9-19(18)27-20(21(25)26)12-16-6-3-4-10-24-16/h1-12H,13,23H2/b20-12+. The van der Waals surface area contributed by atoms with Crippen molar-refractivity contribution in [1.82, 2.24) is 4.98 Å². The van der Waals surface area contributed by atoms with Gasteiger partial charge in [0.25, 0.3) is 5.91 Å². The second-order valence-corrected chi connectivity index (χ2v) is 6.08. The Bertz CT molecular complexity index is 1030. The van der Waals surface area contributed by atoms with Crippen molar-refractivity contribution in [2.75, 3.05) is 10.6 Å². The normalized spacial score (nSPS) is 14.8. The lowest BCUT2D eigenvalue weighted by atomic mass is 10.1. The van der Waals surface area contributed by atoms with Crippen molar-refractivity contribution in [3.8, 4) is 5.75 Å². The van der Waals surface area contributed by atoms with E-state index in [1.54, 1.807) is 60.8 Å². The fraction of sp³-hybridized carbons (Fsp3) is 0.0476. The van der Waals surface area contributed by atoms with Gasteiger partial charge in [0.1, 0.15) is 5.82 Å². The minimum atomic E-state index is -0.387. The SMILES string of the molecule is Nc1ccc2c(c1)N(Cc1ccccc1F)C(=O)/C(=C\c1ccccn1)O2. The van der Waals surface area contributed by atoms with Crippen LogP contribution in [0.2, 0.25) is 0 Å². The first-order valence-corrected chi connectivity index (χ1v) is 8.37. The maximum Gasteiger partial charge on any atom is 0.294 e. The number of aromatic nitrogens is 1. The van der Waals surface area contributed by atoms with Gasteiger partial charge in [0.15, 0.2) is 11.5 Å². The number of nitrogen functional groups attached to an aromatic ring is 1. The number of carbonyl (C=O) groups excluding carboxylic acids is 1. The smallest absolute Gasteiger partial charge is 0.294 e. The van der Waals surface area contributed by atoms with Gasteiger partial charge in [0.2, 0.25) is 0 Å². The Hall–Kier alpha value is -3.67. The molecule has 0 saturated carbocycles. The average Bonchev–Trinajstić information content (AvgIpc) is 2.68. The molecule has 0 spiro atoms. The van der Waals surface area contributed by atoms with Crippen LogP contribution in [0, 0.1) is 5.82 Å². The fourth-order valence-electron chi connectivity index (χ4n) is 2.88. The van der Waals surface area contributed by atoms with Gasteiger partial charge in [-0.05, 0) is 36.4 Å². The first-order valence-electron chi connectivity index (χ1n) is 8.37. The van der Waals surface area contributed by atoms with Crippen molar-refractivity contribution in [1.29, 1.82) is 0 Å². The summed E-state index contributed by atoms with van der Waals surface area (Å²) in [5.41, 5.74) is 7.86. The molecule has 0 atom stereocenters. The molecule has 0 fully saturated rings. The van der Waals surface area contributed by atoms with E-state index in [-0.39, 0.29) is 24.0 Å². The van der Waals surface area contributed by atoms with Crippen molar-refractivity contribution >= 4 is 23.4 Å². The monoisotopic (exact) mass is 361 g/mol. The number of fused-ring (bicyclic) bond motifs is 1. The minimum absolute atomic E-state index is 0.0604.